The number of aliphatic hydroxyl groups excluding tert-OH is 2. The monoisotopic (exact) mass is 214 g/mol. The van der Waals surface area contributed by atoms with Gasteiger partial charge in [0.15, 0.2) is 0 Å². The summed E-state index contributed by atoms with van der Waals surface area (Å²) in [4.78, 5) is 5.32. The number of hydrogen-bond acceptors (Lipinski definition) is 6. The van der Waals surface area contributed by atoms with Gasteiger partial charge < -0.3 is 21.2 Å². The molecule has 0 fully saturated rings. The van der Waals surface area contributed by atoms with E-state index in [2.05, 4.69) is 4.98 Å². The van der Waals surface area contributed by atoms with Crippen LogP contribution in [0.15, 0.2) is 12.4 Å². The topological polar surface area (TPSA) is 110 Å². The number of aliphatic hydroxyl groups is 2. The Morgan fingerprint density at radius 1 is 1.40 bits per heavy atom. The van der Waals surface area contributed by atoms with Crippen molar-refractivity contribution in [1.82, 2.24) is 4.98 Å². The van der Waals surface area contributed by atoms with E-state index >= 15 is 0 Å². The molecule has 0 spiro atoms. The van der Waals surface area contributed by atoms with Crippen LogP contribution in [-0.2, 0) is 0 Å². The molecule has 0 aliphatic rings. The van der Waals surface area contributed by atoms with Gasteiger partial charge in [-0.25, -0.2) is 4.73 Å². The van der Waals surface area contributed by atoms with Crippen molar-refractivity contribution in [2.45, 2.75) is 0 Å². The third-order valence-corrected chi connectivity index (χ3v) is 1.82. The van der Waals surface area contributed by atoms with Gasteiger partial charge in [-0.05, 0) is 0 Å². The van der Waals surface area contributed by atoms with Gasteiger partial charge in [-0.1, -0.05) is 4.98 Å². The largest absolute Gasteiger partial charge is 0.740 e. The lowest BCUT2D eigenvalue weighted by Crippen LogP contribution is -2.42. The normalized spacial score (nSPS) is 10.3. The van der Waals surface area contributed by atoms with E-state index in [1.165, 1.54) is 17.3 Å². The molecular formula is C8H14N4O3. The first-order valence-corrected chi connectivity index (χ1v) is 4.50. The van der Waals surface area contributed by atoms with Gasteiger partial charge in [-0.2, -0.15) is 0 Å². The van der Waals surface area contributed by atoms with Crippen molar-refractivity contribution in [3.8, 4) is 0 Å². The number of rotatable bonds is 5. The van der Waals surface area contributed by atoms with Crippen LogP contribution in [0.2, 0.25) is 0 Å². The molecule has 7 nitrogen and oxygen atoms in total. The lowest BCUT2D eigenvalue weighted by Gasteiger charge is -2.18. The highest BCUT2D eigenvalue weighted by molar-refractivity contribution is 5.33. The first-order valence-electron chi connectivity index (χ1n) is 4.50. The molecule has 1 rings (SSSR count). The molecule has 0 saturated carbocycles. The predicted molar refractivity (Wildman–Crippen MR) is 54.0 cm³/mol. The molecule has 0 amide bonds. The average molecular weight is 214 g/mol. The molecule has 0 aliphatic heterocycles. The van der Waals surface area contributed by atoms with Crippen molar-refractivity contribution in [1.29, 1.82) is 0 Å². The van der Waals surface area contributed by atoms with Gasteiger partial charge in [0, 0.05) is 0 Å². The Kier molecular flexibility index (Phi) is 4.07. The van der Waals surface area contributed by atoms with Gasteiger partial charge in [0.25, 0.3) is 0 Å². The van der Waals surface area contributed by atoms with E-state index in [9.17, 15) is 5.21 Å². The van der Waals surface area contributed by atoms with E-state index in [1.807, 2.05) is 0 Å². The molecule has 4 N–H and O–H groups in total. The van der Waals surface area contributed by atoms with Gasteiger partial charge in [0.1, 0.15) is 6.20 Å². The number of hydrogen-bond donors (Lipinski definition) is 3. The van der Waals surface area contributed by atoms with Crippen LogP contribution in [0.1, 0.15) is 0 Å². The summed E-state index contributed by atoms with van der Waals surface area (Å²) >= 11 is 0. The van der Waals surface area contributed by atoms with Crippen molar-refractivity contribution < 1.29 is 14.9 Å². The smallest absolute Gasteiger partial charge is 0.394 e. The fourth-order valence-corrected chi connectivity index (χ4v) is 1.19. The Balaban J connectivity index is 2.89. The summed E-state index contributed by atoms with van der Waals surface area (Å²) in [5.41, 5.74) is 5.64. The highest BCUT2D eigenvalue weighted by Gasteiger charge is 2.17. The molecule has 0 saturated heterocycles. The Bertz CT molecular complexity index is 315. The van der Waals surface area contributed by atoms with Gasteiger partial charge in [-0.3, -0.25) is 4.90 Å². The van der Waals surface area contributed by atoms with Gasteiger partial charge in [-0.15, -0.1) is 0 Å². The van der Waals surface area contributed by atoms with Crippen LogP contribution in [0.4, 0.5) is 11.6 Å². The number of nitrogens with two attached hydrogens (primary N) is 1. The number of nitrogen functional groups attached to an aromatic ring is 1. The minimum atomic E-state index is -0.119. The zero-order valence-corrected chi connectivity index (χ0v) is 8.20. The second-order valence-corrected chi connectivity index (χ2v) is 2.95. The third kappa shape index (κ3) is 2.93. The summed E-state index contributed by atoms with van der Waals surface area (Å²) in [6, 6.07) is 0. The van der Waals surface area contributed by atoms with Crippen LogP contribution in [0, 0.1) is 5.21 Å². The van der Waals surface area contributed by atoms with Crippen LogP contribution in [0.25, 0.3) is 0 Å². The Labute approximate surface area is 87.0 Å². The molecule has 0 aliphatic carbocycles. The summed E-state index contributed by atoms with van der Waals surface area (Å²) in [6.45, 7) is 0.234. The average Bonchev–Trinajstić information content (AvgIpc) is 2.17. The molecule has 0 atom stereocenters. The Hall–Kier alpha value is -1.60. The van der Waals surface area contributed by atoms with E-state index in [0.717, 1.165) is 0 Å². The predicted octanol–water partition coefficient (Wildman–Crippen LogP) is -1.91. The van der Waals surface area contributed by atoms with Crippen molar-refractivity contribution in [2.24, 2.45) is 0 Å². The Morgan fingerprint density at radius 2 is 2.00 bits per heavy atom. The minimum Gasteiger partial charge on any atom is -0.740 e. The molecule has 0 bridgehead atoms. The van der Waals surface area contributed by atoms with Crippen LogP contribution in [0.5, 0.6) is 0 Å². The molecule has 1 aromatic rings. The number of anilines is 2. The second kappa shape index (κ2) is 5.32. The number of nitrogens with zero attached hydrogens (tertiary/aromatic N) is 3. The van der Waals surface area contributed by atoms with Crippen molar-refractivity contribution >= 4 is 11.6 Å². The van der Waals surface area contributed by atoms with Crippen LogP contribution < -0.4 is 15.4 Å². The fraction of sp³-hybridized carbons (Fsp3) is 0.500. The summed E-state index contributed by atoms with van der Waals surface area (Å²) < 4.78 is 0.515. The SMILES string of the molecule is Nc1cnc(N(CCO)CCO)[n+]([O-])c1. The van der Waals surface area contributed by atoms with Gasteiger partial charge >= 0.3 is 5.95 Å². The van der Waals surface area contributed by atoms with Gasteiger partial charge in [0.05, 0.1) is 38.2 Å². The molecule has 1 heterocycles. The molecule has 0 radical (unpaired) electrons. The second-order valence-electron chi connectivity index (χ2n) is 2.95. The zero-order chi connectivity index (χ0) is 11.3. The lowest BCUT2D eigenvalue weighted by atomic mass is 10.5. The maximum Gasteiger partial charge on any atom is 0.394 e. The summed E-state index contributed by atoms with van der Waals surface area (Å²) in [6.07, 6.45) is 2.54. The summed E-state index contributed by atoms with van der Waals surface area (Å²) in [5.74, 6) is 0.118. The van der Waals surface area contributed by atoms with Crippen molar-refractivity contribution in [3.05, 3.63) is 17.6 Å². The third-order valence-electron chi connectivity index (χ3n) is 1.82. The molecule has 84 valence electrons. The first kappa shape index (κ1) is 11.5. The maximum absolute atomic E-state index is 11.4. The van der Waals surface area contributed by atoms with Crippen LogP contribution >= 0.6 is 0 Å². The summed E-state index contributed by atoms with van der Waals surface area (Å²) in [5, 5.41) is 29.0. The van der Waals surface area contributed by atoms with E-state index in [1.54, 1.807) is 0 Å². The molecule has 1 aromatic heterocycles. The zero-order valence-electron chi connectivity index (χ0n) is 8.20. The van der Waals surface area contributed by atoms with E-state index in [-0.39, 0.29) is 37.9 Å². The van der Waals surface area contributed by atoms with E-state index in [4.69, 9.17) is 15.9 Å². The molecular weight excluding hydrogens is 200 g/mol. The minimum absolute atomic E-state index is 0.118. The van der Waals surface area contributed by atoms with Crippen molar-refractivity contribution in [3.63, 3.8) is 0 Å². The van der Waals surface area contributed by atoms with Crippen LogP contribution in [-0.4, -0.2) is 41.5 Å². The van der Waals surface area contributed by atoms with Gasteiger partial charge in [0.2, 0.25) is 0 Å². The summed E-state index contributed by atoms with van der Waals surface area (Å²) in [7, 11) is 0. The molecule has 0 aromatic carbocycles. The highest BCUT2D eigenvalue weighted by Crippen LogP contribution is 2.04. The fourth-order valence-electron chi connectivity index (χ4n) is 1.19. The van der Waals surface area contributed by atoms with E-state index < -0.39 is 0 Å². The quantitative estimate of drug-likeness (QED) is 0.389. The van der Waals surface area contributed by atoms with Crippen LogP contribution in [0.3, 0.4) is 0 Å². The Morgan fingerprint density at radius 3 is 2.47 bits per heavy atom. The first-order chi connectivity index (χ1) is 7.19. The van der Waals surface area contributed by atoms with E-state index in [0.29, 0.717) is 4.73 Å². The van der Waals surface area contributed by atoms with Crippen molar-refractivity contribution in [2.75, 3.05) is 36.9 Å². The maximum atomic E-state index is 11.4. The molecule has 7 heteroatoms. The number of aromatic nitrogens is 2. The standard InChI is InChI=1S/C8H14N4O3/c9-7-5-10-8(12(15)6-7)11(1-3-13)2-4-14/h5-6,13-14H,1-4,9H2. The molecule has 15 heavy (non-hydrogen) atoms. The molecule has 0 unspecified atom stereocenters. The lowest BCUT2D eigenvalue weighted by molar-refractivity contribution is -0.594. The highest BCUT2D eigenvalue weighted by atomic mass is 16.5.